The first-order valence-corrected chi connectivity index (χ1v) is 5.60. The predicted molar refractivity (Wildman–Crippen MR) is 39.3 cm³/mol. The molecule has 0 unspecified atom stereocenters. The van der Waals surface area contributed by atoms with Gasteiger partial charge in [-0.3, -0.25) is 0 Å². The van der Waals surface area contributed by atoms with Crippen LogP contribution < -0.4 is 0 Å². The van der Waals surface area contributed by atoms with Crippen molar-refractivity contribution in [3.63, 3.8) is 0 Å². The summed E-state index contributed by atoms with van der Waals surface area (Å²) in [6.07, 6.45) is 0. The molecule has 0 amide bonds. The van der Waals surface area contributed by atoms with Gasteiger partial charge in [-0.1, -0.05) is 0 Å². The number of hydrogen-bond acceptors (Lipinski definition) is 2. The van der Waals surface area contributed by atoms with E-state index >= 15 is 0 Å². The van der Waals surface area contributed by atoms with E-state index in [2.05, 4.69) is 0 Å². The Morgan fingerprint density at radius 1 is 1.11 bits per heavy atom. The Hall–Kier alpha value is 0.719. The van der Waals surface area contributed by atoms with E-state index < -0.39 is 0 Å². The van der Waals surface area contributed by atoms with Gasteiger partial charge in [0.2, 0.25) is 0 Å². The van der Waals surface area contributed by atoms with E-state index in [4.69, 9.17) is 9.47 Å². The third-order valence-corrected chi connectivity index (χ3v) is 1.51. The van der Waals surface area contributed by atoms with Crippen molar-refractivity contribution in [2.24, 2.45) is 0 Å². The van der Waals surface area contributed by atoms with Gasteiger partial charge in [0.05, 0.1) is 0 Å². The van der Waals surface area contributed by atoms with Gasteiger partial charge in [-0.25, -0.2) is 0 Å². The van der Waals surface area contributed by atoms with Crippen molar-refractivity contribution in [2.45, 2.75) is 11.4 Å². The zero-order valence-electron chi connectivity index (χ0n) is 5.93. The van der Waals surface area contributed by atoms with E-state index in [0.717, 1.165) is 26.4 Å². The van der Waals surface area contributed by atoms with Gasteiger partial charge >= 0.3 is 69.8 Å². The fourth-order valence-electron chi connectivity index (χ4n) is 0.448. The van der Waals surface area contributed by atoms with Crippen LogP contribution in [-0.4, -0.2) is 49.0 Å². The van der Waals surface area contributed by atoms with E-state index in [1.807, 2.05) is 6.92 Å². The summed E-state index contributed by atoms with van der Waals surface area (Å²) < 4.78 is 11.5. The molecule has 9 heavy (non-hydrogen) atoms. The summed E-state index contributed by atoms with van der Waals surface area (Å²) in [5, 5.41) is 0. The maximum atomic E-state index is 5.19. The molecule has 2 radical (unpaired) electrons. The van der Waals surface area contributed by atoms with Gasteiger partial charge in [0, 0.05) is 0 Å². The molecule has 0 spiro atoms. The van der Waals surface area contributed by atoms with E-state index in [-0.39, 0.29) is 0 Å². The summed E-state index contributed by atoms with van der Waals surface area (Å²) >= 11 is 1.30. The minimum atomic E-state index is 0.747. The molecule has 0 aliphatic heterocycles. The Bertz CT molecular complexity index is 44.3. The van der Waals surface area contributed by atoms with Crippen LogP contribution >= 0.6 is 0 Å². The van der Waals surface area contributed by atoms with Crippen molar-refractivity contribution in [3.05, 3.63) is 0 Å². The quantitative estimate of drug-likeness (QED) is 0.490. The first-order valence-electron chi connectivity index (χ1n) is 3.27. The fraction of sp³-hybridized carbons (Fsp3) is 1.00. The van der Waals surface area contributed by atoms with Crippen molar-refractivity contribution in [3.8, 4) is 0 Å². The van der Waals surface area contributed by atoms with Gasteiger partial charge < -0.3 is 0 Å². The second kappa shape index (κ2) is 8.72. The van der Waals surface area contributed by atoms with E-state index in [0.29, 0.717) is 0 Å². The van der Waals surface area contributed by atoms with Crippen LogP contribution in [0.3, 0.4) is 0 Å². The molecule has 0 aromatic carbocycles. The summed E-state index contributed by atoms with van der Waals surface area (Å²) in [7, 11) is 0. The summed E-state index contributed by atoms with van der Waals surface area (Å²) in [4.78, 5) is 0. The van der Waals surface area contributed by atoms with Crippen LogP contribution in [0.2, 0.25) is 4.44 Å². The van der Waals surface area contributed by atoms with Gasteiger partial charge in [0.15, 0.2) is 0 Å². The average Bonchev–Trinajstić information content (AvgIpc) is 1.89. The van der Waals surface area contributed by atoms with Crippen molar-refractivity contribution < 1.29 is 9.47 Å². The zero-order chi connectivity index (χ0) is 6.95. The normalized spacial score (nSPS) is 10.0. The standard InChI is InChI=1S/C6H13O2.Sn.H/c1-3-7-5-6-8-4-2;;/h1,3-6H2,2H3;;. The van der Waals surface area contributed by atoms with Gasteiger partial charge in [-0.05, 0) is 0 Å². The van der Waals surface area contributed by atoms with Crippen LogP contribution in [0.1, 0.15) is 6.92 Å². The van der Waals surface area contributed by atoms with Gasteiger partial charge in [0.25, 0.3) is 0 Å². The Kier molecular flexibility index (Phi) is 9.41. The summed E-state index contributed by atoms with van der Waals surface area (Å²) in [5.41, 5.74) is 0. The maximum absolute atomic E-state index is 5.19. The Morgan fingerprint density at radius 2 is 1.78 bits per heavy atom. The molecule has 0 fully saturated rings. The molecular formula is C6H14O2Sn. The molecular weight excluding hydrogens is 223 g/mol. The van der Waals surface area contributed by atoms with Crippen LogP contribution in [0.4, 0.5) is 0 Å². The van der Waals surface area contributed by atoms with Crippen LogP contribution in [0.15, 0.2) is 0 Å². The Balaban J connectivity index is 2.60. The summed E-state index contributed by atoms with van der Waals surface area (Å²) in [5.74, 6) is 0. The second-order valence-electron chi connectivity index (χ2n) is 1.60. The molecule has 0 bridgehead atoms. The monoisotopic (exact) mass is 238 g/mol. The van der Waals surface area contributed by atoms with Crippen LogP contribution in [0.25, 0.3) is 0 Å². The third kappa shape index (κ3) is 8.72. The molecule has 0 saturated heterocycles. The molecule has 0 aliphatic rings. The Morgan fingerprint density at radius 3 is 2.33 bits per heavy atom. The predicted octanol–water partition coefficient (Wildman–Crippen LogP) is 0.359. The molecule has 0 aromatic rings. The topological polar surface area (TPSA) is 18.5 Å². The molecule has 0 heterocycles. The van der Waals surface area contributed by atoms with Gasteiger partial charge in [0.1, 0.15) is 0 Å². The molecule has 0 rings (SSSR count). The van der Waals surface area contributed by atoms with Crippen LogP contribution in [0, 0.1) is 0 Å². The second-order valence-corrected chi connectivity index (χ2v) is 3.25. The van der Waals surface area contributed by atoms with Crippen molar-refractivity contribution in [1.82, 2.24) is 0 Å². The molecule has 0 aromatic heterocycles. The third-order valence-electron chi connectivity index (χ3n) is 0.838. The van der Waals surface area contributed by atoms with E-state index in [1.165, 1.54) is 27.0 Å². The van der Waals surface area contributed by atoms with Gasteiger partial charge in [-0.2, -0.15) is 0 Å². The average molecular weight is 237 g/mol. The molecule has 54 valence electrons. The molecule has 3 heteroatoms. The summed E-state index contributed by atoms with van der Waals surface area (Å²) in [6, 6.07) is 0. The first-order chi connectivity index (χ1) is 4.41. The number of hydrogen-bond donors (Lipinski definition) is 0. The summed E-state index contributed by atoms with van der Waals surface area (Å²) in [6.45, 7) is 5.21. The zero-order valence-corrected chi connectivity index (χ0v) is 9.23. The van der Waals surface area contributed by atoms with E-state index in [1.54, 1.807) is 0 Å². The van der Waals surface area contributed by atoms with Crippen molar-refractivity contribution in [2.75, 3.05) is 26.4 Å². The first kappa shape index (κ1) is 9.72. The molecule has 0 aliphatic carbocycles. The molecule has 2 nitrogen and oxygen atoms in total. The van der Waals surface area contributed by atoms with Crippen molar-refractivity contribution in [1.29, 1.82) is 0 Å². The van der Waals surface area contributed by atoms with Crippen molar-refractivity contribution >= 4 is 22.5 Å². The van der Waals surface area contributed by atoms with E-state index in [9.17, 15) is 0 Å². The Labute approximate surface area is 70.0 Å². The van der Waals surface area contributed by atoms with Crippen LogP contribution in [0.5, 0.6) is 0 Å². The minimum absolute atomic E-state index is 0.747. The fourth-order valence-corrected chi connectivity index (χ4v) is 0.923. The number of ether oxygens (including phenoxy) is 2. The molecule has 0 N–H and O–H groups in total. The van der Waals surface area contributed by atoms with Gasteiger partial charge in [-0.15, -0.1) is 0 Å². The molecule has 0 atom stereocenters. The SMILES string of the molecule is CCOCCOC[CH2][SnH]. The van der Waals surface area contributed by atoms with Crippen LogP contribution in [-0.2, 0) is 9.47 Å². The molecule has 0 saturated carbocycles. The number of rotatable bonds is 6.